The lowest BCUT2D eigenvalue weighted by Gasteiger charge is -2.19. The first-order chi connectivity index (χ1) is 7.50. The summed E-state index contributed by atoms with van der Waals surface area (Å²) in [5.74, 6) is -0.685. The van der Waals surface area contributed by atoms with Crippen molar-refractivity contribution < 1.29 is 13.9 Å². The number of aryl methyl sites for hydroxylation is 1. The van der Waals surface area contributed by atoms with Gasteiger partial charge in [-0.25, -0.2) is 8.78 Å². The van der Waals surface area contributed by atoms with E-state index < -0.39 is 17.7 Å². The molecular weight excluding hydrogens is 210 g/mol. The van der Waals surface area contributed by atoms with Crippen molar-refractivity contribution in [3.63, 3.8) is 0 Å². The number of benzene rings is 1. The number of halogens is 2. The van der Waals surface area contributed by atoms with Gasteiger partial charge >= 0.3 is 0 Å². The monoisotopic (exact) mass is 226 g/mol. The zero-order valence-electron chi connectivity index (χ0n) is 9.50. The molecular formula is C13H16F2O. The van der Waals surface area contributed by atoms with Gasteiger partial charge in [0.25, 0.3) is 0 Å². The first-order valence-corrected chi connectivity index (χ1v) is 5.64. The summed E-state index contributed by atoms with van der Waals surface area (Å²) in [6.07, 6.45) is 1.37. The fraction of sp³-hybridized carbons (Fsp3) is 0.538. The Morgan fingerprint density at radius 2 is 1.88 bits per heavy atom. The molecule has 1 aliphatic carbocycles. The standard InChI is InChI=1S/C13H16F2O/c1-7-5-10(12(15)6-11(7)14)13(16)8(2)9-3-4-9/h5-6,8-9,13,16H,3-4H2,1-2H3. The molecule has 1 aromatic carbocycles. The van der Waals surface area contributed by atoms with Gasteiger partial charge in [0.05, 0.1) is 6.10 Å². The summed E-state index contributed by atoms with van der Waals surface area (Å²) in [5, 5.41) is 10.0. The molecule has 2 unspecified atom stereocenters. The Balaban J connectivity index is 2.28. The Labute approximate surface area is 94.1 Å². The van der Waals surface area contributed by atoms with Gasteiger partial charge in [0.2, 0.25) is 0 Å². The summed E-state index contributed by atoms with van der Waals surface area (Å²) in [6.45, 7) is 3.49. The van der Waals surface area contributed by atoms with E-state index in [1.807, 2.05) is 6.92 Å². The molecule has 0 radical (unpaired) electrons. The van der Waals surface area contributed by atoms with E-state index >= 15 is 0 Å². The molecule has 0 aromatic heterocycles. The average molecular weight is 226 g/mol. The molecule has 2 rings (SSSR count). The van der Waals surface area contributed by atoms with Crippen LogP contribution in [-0.2, 0) is 0 Å². The third kappa shape index (κ3) is 2.09. The van der Waals surface area contributed by atoms with Crippen LogP contribution in [0.3, 0.4) is 0 Å². The number of aliphatic hydroxyl groups excluding tert-OH is 1. The van der Waals surface area contributed by atoms with E-state index in [1.54, 1.807) is 6.92 Å². The first-order valence-electron chi connectivity index (χ1n) is 5.64. The van der Waals surface area contributed by atoms with Gasteiger partial charge in [0.15, 0.2) is 0 Å². The second-order valence-corrected chi connectivity index (χ2v) is 4.76. The SMILES string of the molecule is Cc1cc(C(O)C(C)C2CC2)c(F)cc1F. The smallest absolute Gasteiger partial charge is 0.131 e. The molecule has 16 heavy (non-hydrogen) atoms. The molecule has 1 aromatic rings. The Morgan fingerprint density at radius 3 is 2.44 bits per heavy atom. The van der Waals surface area contributed by atoms with Gasteiger partial charge in [-0.2, -0.15) is 0 Å². The first kappa shape index (κ1) is 11.5. The van der Waals surface area contributed by atoms with E-state index in [-0.39, 0.29) is 11.5 Å². The lowest BCUT2D eigenvalue weighted by Crippen LogP contribution is -2.13. The van der Waals surface area contributed by atoms with Crippen molar-refractivity contribution in [1.29, 1.82) is 0 Å². The number of rotatable bonds is 3. The molecule has 0 saturated heterocycles. The third-order valence-corrected chi connectivity index (χ3v) is 3.46. The quantitative estimate of drug-likeness (QED) is 0.838. The molecule has 1 fully saturated rings. The van der Waals surface area contributed by atoms with Crippen LogP contribution < -0.4 is 0 Å². The molecule has 0 spiro atoms. The molecule has 1 aliphatic rings. The van der Waals surface area contributed by atoms with Crippen LogP contribution in [0.4, 0.5) is 8.78 Å². The van der Waals surface area contributed by atoms with Crippen LogP contribution in [-0.4, -0.2) is 5.11 Å². The van der Waals surface area contributed by atoms with Crippen molar-refractivity contribution in [3.8, 4) is 0 Å². The van der Waals surface area contributed by atoms with Crippen LogP contribution in [0.1, 0.15) is 37.0 Å². The Hall–Kier alpha value is -0.960. The molecule has 88 valence electrons. The van der Waals surface area contributed by atoms with Gasteiger partial charge in [-0.05, 0) is 43.2 Å². The molecule has 1 saturated carbocycles. The zero-order chi connectivity index (χ0) is 11.9. The molecule has 2 atom stereocenters. The van der Waals surface area contributed by atoms with Crippen molar-refractivity contribution in [2.45, 2.75) is 32.8 Å². The summed E-state index contributed by atoms with van der Waals surface area (Å²) in [4.78, 5) is 0. The van der Waals surface area contributed by atoms with Crippen molar-refractivity contribution >= 4 is 0 Å². The fourth-order valence-electron chi connectivity index (χ4n) is 2.07. The predicted octanol–water partition coefficient (Wildman–Crippen LogP) is 3.35. The molecule has 0 heterocycles. The van der Waals surface area contributed by atoms with Crippen LogP contribution in [0.5, 0.6) is 0 Å². The van der Waals surface area contributed by atoms with E-state index in [1.165, 1.54) is 6.07 Å². The van der Waals surface area contributed by atoms with Crippen molar-refractivity contribution in [3.05, 3.63) is 34.9 Å². The minimum absolute atomic E-state index is 0.0411. The Bertz CT molecular complexity index is 399. The van der Waals surface area contributed by atoms with Crippen molar-refractivity contribution in [1.82, 2.24) is 0 Å². The molecule has 0 amide bonds. The van der Waals surface area contributed by atoms with Gasteiger partial charge in [-0.15, -0.1) is 0 Å². The summed E-state index contributed by atoms with van der Waals surface area (Å²) in [5.41, 5.74) is 0.594. The highest BCUT2D eigenvalue weighted by atomic mass is 19.1. The highest BCUT2D eigenvalue weighted by molar-refractivity contribution is 5.28. The Kier molecular flexibility index (Phi) is 2.98. The second kappa shape index (κ2) is 4.13. The zero-order valence-corrected chi connectivity index (χ0v) is 9.50. The number of hydrogen-bond acceptors (Lipinski definition) is 1. The van der Waals surface area contributed by atoms with Crippen molar-refractivity contribution in [2.24, 2.45) is 11.8 Å². The van der Waals surface area contributed by atoms with Crippen LogP contribution in [0.2, 0.25) is 0 Å². The lowest BCUT2D eigenvalue weighted by molar-refractivity contribution is 0.102. The highest BCUT2D eigenvalue weighted by Gasteiger charge is 2.34. The molecule has 0 aliphatic heterocycles. The minimum atomic E-state index is -0.827. The third-order valence-electron chi connectivity index (χ3n) is 3.46. The van der Waals surface area contributed by atoms with Crippen LogP contribution in [0, 0.1) is 30.4 Å². The van der Waals surface area contributed by atoms with Gasteiger partial charge in [0, 0.05) is 11.6 Å². The Morgan fingerprint density at radius 1 is 1.25 bits per heavy atom. The summed E-state index contributed by atoms with van der Waals surface area (Å²) >= 11 is 0. The van der Waals surface area contributed by atoms with Crippen molar-refractivity contribution in [2.75, 3.05) is 0 Å². The summed E-state index contributed by atoms with van der Waals surface area (Å²) < 4.78 is 26.6. The van der Waals surface area contributed by atoms with E-state index in [4.69, 9.17) is 0 Å². The predicted molar refractivity (Wildman–Crippen MR) is 57.9 cm³/mol. The highest BCUT2D eigenvalue weighted by Crippen LogP contribution is 2.43. The summed E-state index contributed by atoms with van der Waals surface area (Å²) in [6, 6.07) is 2.27. The maximum atomic E-state index is 13.5. The molecule has 0 bridgehead atoms. The van der Waals surface area contributed by atoms with Gasteiger partial charge in [-0.3, -0.25) is 0 Å². The normalized spacial score (nSPS) is 19.6. The van der Waals surface area contributed by atoms with E-state index in [0.717, 1.165) is 18.9 Å². The fourth-order valence-corrected chi connectivity index (χ4v) is 2.07. The lowest BCUT2D eigenvalue weighted by atomic mass is 9.92. The second-order valence-electron chi connectivity index (χ2n) is 4.76. The maximum absolute atomic E-state index is 13.5. The number of hydrogen-bond donors (Lipinski definition) is 1. The van der Waals surface area contributed by atoms with Gasteiger partial charge in [-0.1, -0.05) is 6.92 Å². The van der Waals surface area contributed by atoms with Crippen LogP contribution >= 0.6 is 0 Å². The molecule has 1 N–H and O–H groups in total. The topological polar surface area (TPSA) is 20.2 Å². The van der Waals surface area contributed by atoms with Crippen LogP contribution in [0.15, 0.2) is 12.1 Å². The maximum Gasteiger partial charge on any atom is 0.131 e. The van der Waals surface area contributed by atoms with Gasteiger partial charge in [0.1, 0.15) is 11.6 Å². The summed E-state index contributed by atoms with van der Waals surface area (Å²) in [7, 11) is 0. The van der Waals surface area contributed by atoms with E-state index in [9.17, 15) is 13.9 Å². The van der Waals surface area contributed by atoms with E-state index in [2.05, 4.69) is 0 Å². The number of aliphatic hydroxyl groups is 1. The minimum Gasteiger partial charge on any atom is -0.388 e. The molecule has 1 nitrogen and oxygen atoms in total. The largest absolute Gasteiger partial charge is 0.388 e. The van der Waals surface area contributed by atoms with Gasteiger partial charge < -0.3 is 5.11 Å². The van der Waals surface area contributed by atoms with Crippen LogP contribution in [0.25, 0.3) is 0 Å². The van der Waals surface area contributed by atoms with E-state index in [0.29, 0.717) is 11.5 Å². The average Bonchev–Trinajstić information content (AvgIpc) is 3.05. The molecule has 3 heteroatoms.